The van der Waals surface area contributed by atoms with Crippen LogP contribution in [0.3, 0.4) is 0 Å². The summed E-state index contributed by atoms with van der Waals surface area (Å²) in [6.07, 6.45) is 1.53. The molecule has 20 heavy (non-hydrogen) atoms. The SMILES string of the molecule is C=C(C)C(=O)OCCO.C=Cc1ccccc1C(=O)O. The first-order chi connectivity index (χ1) is 9.43. The van der Waals surface area contributed by atoms with Crippen LogP contribution in [-0.2, 0) is 9.53 Å². The van der Waals surface area contributed by atoms with Gasteiger partial charge in [0.25, 0.3) is 0 Å². The molecule has 0 heterocycles. The average Bonchev–Trinajstić information content (AvgIpc) is 2.45. The van der Waals surface area contributed by atoms with Crippen LogP contribution in [0.15, 0.2) is 43.0 Å². The Labute approximate surface area is 117 Å². The van der Waals surface area contributed by atoms with Gasteiger partial charge in [-0.3, -0.25) is 0 Å². The molecule has 0 saturated carbocycles. The first-order valence-corrected chi connectivity index (χ1v) is 5.82. The lowest BCUT2D eigenvalue weighted by molar-refractivity contribution is -0.139. The number of carboxylic acids is 1. The van der Waals surface area contributed by atoms with Gasteiger partial charge in [-0.15, -0.1) is 0 Å². The van der Waals surface area contributed by atoms with E-state index in [1.54, 1.807) is 31.2 Å². The van der Waals surface area contributed by atoms with Crippen molar-refractivity contribution in [3.63, 3.8) is 0 Å². The fraction of sp³-hybridized carbons (Fsp3) is 0.200. The molecule has 0 aromatic heterocycles. The van der Waals surface area contributed by atoms with Crippen LogP contribution in [-0.4, -0.2) is 35.4 Å². The van der Waals surface area contributed by atoms with E-state index < -0.39 is 11.9 Å². The number of benzene rings is 1. The van der Waals surface area contributed by atoms with Crippen molar-refractivity contribution in [2.45, 2.75) is 6.92 Å². The summed E-state index contributed by atoms with van der Waals surface area (Å²) < 4.78 is 4.46. The van der Waals surface area contributed by atoms with Crippen molar-refractivity contribution in [2.75, 3.05) is 13.2 Å². The first kappa shape index (κ1) is 17.6. The third-order valence-electron chi connectivity index (χ3n) is 2.08. The molecule has 1 aromatic carbocycles. The van der Waals surface area contributed by atoms with Gasteiger partial charge < -0.3 is 14.9 Å². The number of hydrogen-bond donors (Lipinski definition) is 2. The van der Waals surface area contributed by atoms with Crippen molar-refractivity contribution < 1.29 is 24.5 Å². The average molecular weight is 278 g/mol. The standard InChI is InChI=1S/C9H8O2.C6H10O3/c1-2-7-5-3-4-6-8(7)9(10)11;1-5(2)6(8)9-4-3-7/h2-6H,1H2,(H,10,11);7H,1,3-4H2,2H3. The van der Waals surface area contributed by atoms with Gasteiger partial charge in [-0.2, -0.15) is 0 Å². The van der Waals surface area contributed by atoms with Crippen LogP contribution < -0.4 is 0 Å². The zero-order valence-corrected chi connectivity index (χ0v) is 11.3. The number of rotatable bonds is 5. The van der Waals surface area contributed by atoms with E-state index in [0.717, 1.165) is 0 Å². The molecule has 0 fully saturated rings. The highest BCUT2D eigenvalue weighted by Gasteiger charge is 2.04. The van der Waals surface area contributed by atoms with Gasteiger partial charge in [0, 0.05) is 5.57 Å². The summed E-state index contributed by atoms with van der Waals surface area (Å²) in [5.41, 5.74) is 1.30. The highest BCUT2D eigenvalue weighted by atomic mass is 16.5. The summed E-state index contributed by atoms with van der Waals surface area (Å²) in [5.74, 6) is -1.37. The maximum absolute atomic E-state index is 10.5. The van der Waals surface area contributed by atoms with E-state index in [2.05, 4.69) is 17.9 Å². The third kappa shape index (κ3) is 6.51. The van der Waals surface area contributed by atoms with E-state index in [4.69, 9.17) is 10.2 Å². The minimum absolute atomic E-state index is 0.0473. The van der Waals surface area contributed by atoms with Gasteiger partial charge >= 0.3 is 11.9 Å². The Kier molecular flexibility index (Phi) is 8.38. The predicted octanol–water partition coefficient (Wildman–Crippen LogP) is 2.13. The number of carbonyl (C=O) groups excluding carboxylic acids is 1. The van der Waals surface area contributed by atoms with Crippen molar-refractivity contribution in [3.05, 3.63) is 54.1 Å². The predicted molar refractivity (Wildman–Crippen MR) is 76.4 cm³/mol. The number of aliphatic hydroxyl groups is 1. The number of aromatic carboxylic acids is 1. The van der Waals surface area contributed by atoms with Crippen LogP contribution in [0.5, 0.6) is 0 Å². The van der Waals surface area contributed by atoms with Crippen LogP contribution >= 0.6 is 0 Å². The highest BCUT2D eigenvalue weighted by molar-refractivity contribution is 5.91. The summed E-state index contributed by atoms with van der Waals surface area (Å²) in [6, 6.07) is 6.75. The molecule has 0 unspecified atom stereocenters. The van der Waals surface area contributed by atoms with Crippen LogP contribution in [0, 0.1) is 0 Å². The molecule has 0 saturated heterocycles. The lowest BCUT2D eigenvalue weighted by Gasteiger charge is -1.99. The molecule has 0 aliphatic rings. The molecule has 0 atom stereocenters. The van der Waals surface area contributed by atoms with Crippen LogP contribution in [0.2, 0.25) is 0 Å². The monoisotopic (exact) mass is 278 g/mol. The molecule has 2 N–H and O–H groups in total. The molecule has 0 radical (unpaired) electrons. The Balaban J connectivity index is 0.000000370. The van der Waals surface area contributed by atoms with Gasteiger partial charge in [0.15, 0.2) is 0 Å². The zero-order valence-electron chi connectivity index (χ0n) is 11.3. The third-order valence-corrected chi connectivity index (χ3v) is 2.08. The molecule has 5 heteroatoms. The fourth-order valence-electron chi connectivity index (χ4n) is 1.13. The first-order valence-electron chi connectivity index (χ1n) is 5.82. The minimum Gasteiger partial charge on any atom is -0.478 e. The normalized spacial score (nSPS) is 8.90. The molecule has 0 aliphatic heterocycles. The van der Waals surface area contributed by atoms with E-state index in [-0.39, 0.29) is 13.2 Å². The summed E-state index contributed by atoms with van der Waals surface area (Å²) in [4.78, 5) is 21.0. The zero-order chi connectivity index (χ0) is 15.5. The Morgan fingerprint density at radius 2 is 1.95 bits per heavy atom. The lowest BCUT2D eigenvalue weighted by atomic mass is 10.1. The maximum atomic E-state index is 10.5. The molecule has 0 bridgehead atoms. The molecule has 0 spiro atoms. The van der Waals surface area contributed by atoms with Crippen molar-refractivity contribution in [3.8, 4) is 0 Å². The van der Waals surface area contributed by atoms with Crippen LogP contribution in [0.25, 0.3) is 6.08 Å². The Morgan fingerprint density at radius 3 is 2.35 bits per heavy atom. The van der Waals surface area contributed by atoms with Crippen LogP contribution in [0.1, 0.15) is 22.8 Å². The second-order valence-corrected chi connectivity index (χ2v) is 3.74. The Morgan fingerprint density at radius 1 is 1.35 bits per heavy atom. The van der Waals surface area contributed by atoms with Gasteiger partial charge in [0.2, 0.25) is 0 Å². The summed E-state index contributed by atoms with van der Waals surface area (Å²) in [5, 5.41) is 16.8. The summed E-state index contributed by atoms with van der Waals surface area (Å²) in [6.45, 7) is 8.33. The van der Waals surface area contributed by atoms with E-state index in [0.29, 0.717) is 16.7 Å². The number of aliphatic hydroxyl groups excluding tert-OH is 1. The van der Waals surface area contributed by atoms with E-state index in [9.17, 15) is 9.59 Å². The number of carboxylic acid groups (broad SMARTS) is 1. The molecular weight excluding hydrogens is 260 g/mol. The van der Waals surface area contributed by atoms with Crippen LogP contribution in [0.4, 0.5) is 0 Å². The topological polar surface area (TPSA) is 83.8 Å². The quantitative estimate of drug-likeness (QED) is 0.636. The number of hydrogen-bond acceptors (Lipinski definition) is 4. The van der Waals surface area contributed by atoms with Crippen molar-refractivity contribution >= 4 is 18.0 Å². The molecular formula is C15H18O5. The van der Waals surface area contributed by atoms with Crippen molar-refractivity contribution in [1.29, 1.82) is 0 Å². The summed E-state index contributed by atoms with van der Waals surface area (Å²) in [7, 11) is 0. The highest BCUT2D eigenvalue weighted by Crippen LogP contribution is 2.08. The maximum Gasteiger partial charge on any atom is 0.336 e. The van der Waals surface area contributed by atoms with Crippen molar-refractivity contribution in [2.24, 2.45) is 0 Å². The summed E-state index contributed by atoms with van der Waals surface area (Å²) >= 11 is 0. The molecule has 1 rings (SSSR count). The molecule has 0 amide bonds. The lowest BCUT2D eigenvalue weighted by Crippen LogP contribution is -2.08. The number of ether oxygens (including phenoxy) is 1. The van der Waals surface area contributed by atoms with E-state index >= 15 is 0 Å². The molecule has 1 aromatic rings. The Bertz CT molecular complexity index is 491. The van der Waals surface area contributed by atoms with Gasteiger partial charge in [-0.05, 0) is 18.6 Å². The number of carbonyl (C=O) groups is 2. The van der Waals surface area contributed by atoms with E-state index in [1.165, 1.54) is 6.08 Å². The minimum atomic E-state index is -0.916. The largest absolute Gasteiger partial charge is 0.478 e. The second-order valence-electron chi connectivity index (χ2n) is 3.74. The van der Waals surface area contributed by atoms with Crippen molar-refractivity contribution in [1.82, 2.24) is 0 Å². The van der Waals surface area contributed by atoms with E-state index in [1.807, 2.05) is 0 Å². The molecule has 0 aliphatic carbocycles. The fourth-order valence-corrected chi connectivity index (χ4v) is 1.13. The molecule has 5 nitrogen and oxygen atoms in total. The Hall–Kier alpha value is -2.40. The molecule has 108 valence electrons. The second kappa shape index (κ2) is 9.52. The van der Waals surface area contributed by atoms with Gasteiger partial charge in [0.05, 0.1) is 12.2 Å². The number of esters is 1. The smallest absolute Gasteiger partial charge is 0.336 e. The van der Waals surface area contributed by atoms with Gasteiger partial charge in [-0.1, -0.05) is 37.4 Å². The van der Waals surface area contributed by atoms with Gasteiger partial charge in [-0.25, -0.2) is 9.59 Å². The van der Waals surface area contributed by atoms with Gasteiger partial charge in [0.1, 0.15) is 6.61 Å².